The maximum absolute atomic E-state index is 6.17. The Balaban J connectivity index is 1.57. The lowest BCUT2D eigenvalue weighted by molar-refractivity contribution is 0.669. The van der Waals surface area contributed by atoms with Crippen LogP contribution in [0.15, 0.2) is 101 Å². The van der Waals surface area contributed by atoms with Gasteiger partial charge in [-0.25, -0.2) is 0 Å². The van der Waals surface area contributed by atoms with Crippen LogP contribution in [0, 0.1) is 0 Å². The predicted molar refractivity (Wildman–Crippen MR) is 131 cm³/mol. The fourth-order valence-electron chi connectivity index (χ4n) is 5.18. The quantitative estimate of drug-likeness (QED) is 0.274. The van der Waals surface area contributed by atoms with Crippen LogP contribution >= 0.6 is 0 Å². The largest absolute Gasteiger partial charge is 0.456 e. The summed E-state index contributed by atoms with van der Waals surface area (Å²) in [5.74, 6) is 0. The van der Waals surface area contributed by atoms with Crippen LogP contribution in [0.3, 0.4) is 0 Å². The zero-order valence-electron chi connectivity index (χ0n) is 17.1. The third kappa shape index (κ3) is 2.22. The molecule has 0 aliphatic rings. The highest BCUT2D eigenvalue weighted by Crippen LogP contribution is 2.40. The Morgan fingerprint density at radius 3 is 2.32 bits per heavy atom. The first kappa shape index (κ1) is 16.7. The minimum atomic E-state index is 0.930. The first-order chi connectivity index (χ1) is 15.3. The van der Waals surface area contributed by atoms with E-state index in [0.717, 1.165) is 16.6 Å². The number of para-hydroxylation sites is 2. The van der Waals surface area contributed by atoms with Gasteiger partial charge in [-0.2, -0.15) is 0 Å². The van der Waals surface area contributed by atoms with Gasteiger partial charge in [0.2, 0.25) is 0 Å². The van der Waals surface area contributed by atoms with Crippen LogP contribution in [0.2, 0.25) is 0 Å². The number of fused-ring (bicyclic) bond motifs is 8. The molecule has 0 aliphatic carbocycles. The van der Waals surface area contributed by atoms with Gasteiger partial charge < -0.3 is 8.98 Å². The zero-order valence-corrected chi connectivity index (χ0v) is 17.1. The van der Waals surface area contributed by atoms with Gasteiger partial charge in [-0.1, -0.05) is 72.8 Å². The number of aromatic nitrogens is 1. The third-order valence-electron chi connectivity index (χ3n) is 6.60. The summed E-state index contributed by atoms with van der Waals surface area (Å²) in [6, 6.07) is 34.6. The Hall–Kier alpha value is -4.04. The Labute approximate surface area is 178 Å². The van der Waals surface area contributed by atoms with Crippen molar-refractivity contribution in [2.75, 3.05) is 0 Å². The lowest BCUT2D eigenvalue weighted by Crippen LogP contribution is -1.90. The van der Waals surface area contributed by atoms with Crippen LogP contribution in [0.5, 0.6) is 0 Å². The van der Waals surface area contributed by atoms with Crippen LogP contribution in [0.1, 0.15) is 0 Å². The van der Waals surface area contributed by atoms with Gasteiger partial charge in [0, 0.05) is 39.7 Å². The van der Waals surface area contributed by atoms with Crippen molar-refractivity contribution in [3.05, 3.63) is 97.1 Å². The molecular formula is C29H19NO. The highest BCUT2D eigenvalue weighted by atomic mass is 16.3. The summed E-state index contributed by atoms with van der Waals surface area (Å²) in [5, 5.41) is 7.51. The predicted octanol–water partition coefficient (Wildman–Crippen LogP) is 8.05. The van der Waals surface area contributed by atoms with E-state index in [0.29, 0.717) is 0 Å². The van der Waals surface area contributed by atoms with Gasteiger partial charge in [-0.3, -0.25) is 0 Å². The Kier molecular flexibility index (Phi) is 3.23. The van der Waals surface area contributed by atoms with E-state index >= 15 is 0 Å². The molecule has 2 heterocycles. The van der Waals surface area contributed by atoms with Crippen molar-refractivity contribution in [2.24, 2.45) is 7.05 Å². The molecule has 0 bridgehead atoms. The molecule has 0 N–H and O–H groups in total. The van der Waals surface area contributed by atoms with Gasteiger partial charge in [0.15, 0.2) is 0 Å². The van der Waals surface area contributed by atoms with Gasteiger partial charge in [0.1, 0.15) is 11.2 Å². The lowest BCUT2D eigenvalue weighted by atomic mass is 9.99. The molecule has 146 valence electrons. The summed E-state index contributed by atoms with van der Waals surface area (Å²) < 4.78 is 8.50. The molecule has 0 amide bonds. The van der Waals surface area contributed by atoms with E-state index in [2.05, 4.69) is 96.5 Å². The number of rotatable bonds is 1. The second kappa shape index (κ2) is 5.99. The minimum absolute atomic E-state index is 0.930. The van der Waals surface area contributed by atoms with E-state index in [9.17, 15) is 0 Å². The number of hydrogen-bond donors (Lipinski definition) is 0. The monoisotopic (exact) mass is 397 g/mol. The summed E-state index contributed by atoms with van der Waals surface area (Å²) in [6.45, 7) is 0. The average Bonchev–Trinajstić information content (AvgIpc) is 3.34. The van der Waals surface area contributed by atoms with Crippen molar-refractivity contribution in [3.63, 3.8) is 0 Å². The maximum atomic E-state index is 6.17. The van der Waals surface area contributed by atoms with Crippen LogP contribution in [0.4, 0.5) is 0 Å². The molecular weight excluding hydrogens is 378 g/mol. The maximum Gasteiger partial charge on any atom is 0.136 e. The van der Waals surface area contributed by atoms with E-state index in [-0.39, 0.29) is 0 Å². The van der Waals surface area contributed by atoms with Gasteiger partial charge >= 0.3 is 0 Å². The average molecular weight is 397 g/mol. The first-order valence-electron chi connectivity index (χ1n) is 10.6. The second-order valence-corrected chi connectivity index (χ2v) is 8.25. The smallest absolute Gasteiger partial charge is 0.136 e. The molecule has 0 aliphatic heterocycles. The molecule has 0 spiro atoms. The molecule has 0 saturated heterocycles. The van der Waals surface area contributed by atoms with Crippen molar-refractivity contribution >= 4 is 54.5 Å². The number of aryl methyl sites for hydroxylation is 1. The molecule has 0 atom stereocenters. The minimum Gasteiger partial charge on any atom is -0.456 e. The molecule has 2 heteroatoms. The number of furan rings is 1. The number of benzene rings is 5. The summed E-state index contributed by atoms with van der Waals surface area (Å²) in [7, 11) is 2.17. The van der Waals surface area contributed by atoms with Crippen LogP contribution in [0.25, 0.3) is 65.6 Å². The van der Waals surface area contributed by atoms with E-state index in [1.807, 2.05) is 12.1 Å². The van der Waals surface area contributed by atoms with Crippen molar-refractivity contribution in [3.8, 4) is 11.1 Å². The highest BCUT2D eigenvalue weighted by molar-refractivity contribution is 6.22. The Morgan fingerprint density at radius 2 is 1.39 bits per heavy atom. The van der Waals surface area contributed by atoms with Crippen molar-refractivity contribution in [2.45, 2.75) is 0 Å². The molecule has 0 fully saturated rings. The molecule has 0 radical (unpaired) electrons. The van der Waals surface area contributed by atoms with Crippen LogP contribution in [-0.4, -0.2) is 4.57 Å². The molecule has 2 aromatic heterocycles. The molecule has 0 saturated carbocycles. The van der Waals surface area contributed by atoms with E-state index in [1.54, 1.807) is 0 Å². The second-order valence-electron chi connectivity index (χ2n) is 8.25. The molecule has 7 aromatic rings. The highest BCUT2D eigenvalue weighted by Gasteiger charge is 2.16. The fraction of sp³-hybridized carbons (Fsp3) is 0.0345. The molecule has 7 rings (SSSR count). The van der Waals surface area contributed by atoms with Crippen LogP contribution < -0.4 is 0 Å². The number of nitrogens with zero attached hydrogens (tertiary/aromatic N) is 1. The Morgan fingerprint density at radius 1 is 0.613 bits per heavy atom. The molecule has 0 unspecified atom stereocenters. The number of hydrogen-bond acceptors (Lipinski definition) is 1. The van der Waals surface area contributed by atoms with Gasteiger partial charge in [-0.05, 0) is 40.6 Å². The first-order valence-corrected chi connectivity index (χ1v) is 10.6. The topological polar surface area (TPSA) is 18.1 Å². The Bertz CT molecular complexity index is 1800. The van der Waals surface area contributed by atoms with E-state index in [4.69, 9.17) is 4.42 Å². The summed E-state index contributed by atoms with van der Waals surface area (Å²) in [6.07, 6.45) is 0. The summed E-state index contributed by atoms with van der Waals surface area (Å²) in [4.78, 5) is 0. The zero-order chi connectivity index (χ0) is 20.5. The van der Waals surface area contributed by atoms with Gasteiger partial charge in [-0.15, -0.1) is 0 Å². The molecule has 2 nitrogen and oxygen atoms in total. The van der Waals surface area contributed by atoms with Crippen molar-refractivity contribution in [1.29, 1.82) is 0 Å². The lowest BCUT2D eigenvalue weighted by Gasteiger charge is -2.07. The van der Waals surface area contributed by atoms with E-state index < -0.39 is 0 Å². The molecule has 31 heavy (non-hydrogen) atoms. The van der Waals surface area contributed by atoms with Gasteiger partial charge in [0.25, 0.3) is 0 Å². The van der Waals surface area contributed by atoms with Crippen molar-refractivity contribution < 1.29 is 4.42 Å². The summed E-state index contributed by atoms with van der Waals surface area (Å²) >= 11 is 0. The fourth-order valence-corrected chi connectivity index (χ4v) is 5.18. The molecule has 5 aromatic carbocycles. The normalized spacial score (nSPS) is 12.0. The van der Waals surface area contributed by atoms with Gasteiger partial charge in [0.05, 0.1) is 5.52 Å². The van der Waals surface area contributed by atoms with E-state index in [1.165, 1.54) is 49.1 Å². The SMILES string of the molecule is Cn1c2ccc3ccccc3c2c2cccc(-c3ccc4c(c3)oc3ccccc34)c21. The standard InChI is InChI=1S/C29H19NO/c1-30-25-16-14-18-7-2-3-8-20(18)28(25)24-11-6-10-21(29(24)30)19-13-15-23-22-9-4-5-12-26(22)31-27(23)17-19/h2-17H,1H3. The third-order valence-corrected chi connectivity index (χ3v) is 6.60. The van der Waals surface area contributed by atoms with Crippen molar-refractivity contribution in [1.82, 2.24) is 4.57 Å². The van der Waals surface area contributed by atoms with Crippen LogP contribution in [-0.2, 0) is 7.05 Å². The summed E-state index contributed by atoms with van der Waals surface area (Å²) in [5.41, 5.74) is 6.77.